The number of rotatable bonds is 7. The highest BCUT2D eigenvalue weighted by molar-refractivity contribution is 5.84. The van der Waals surface area contributed by atoms with Crippen molar-refractivity contribution in [2.24, 2.45) is 5.92 Å². The van der Waals surface area contributed by atoms with E-state index < -0.39 is 5.54 Å². The van der Waals surface area contributed by atoms with Crippen LogP contribution in [-0.2, 0) is 9.53 Å². The predicted octanol–water partition coefficient (Wildman–Crippen LogP) is 4.16. The Kier molecular flexibility index (Phi) is 6.05. The first kappa shape index (κ1) is 16.5. The third kappa shape index (κ3) is 4.55. The van der Waals surface area contributed by atoms with Crippen molar-refractivity contribution in [1.82, 2.24) is 0 Å². The molecule has 0 radical (unpaired) electrons. The van der Waals surface area contributed by atoms with Gasteiger partial charge in [-0.2, -0.15) is 0 Å². The number of anilines is 1. The summed E-state index contributed by atoms with van der Waals surface area (Å²) in [4.78, 5) is 12.3. The summed E-state index contributed by atoms with van der Waals surface area (Å²) in [6.07, 6.45) is 1.74. The largest absolute Gasteiger partial charge is 0.464 e. The lowest BCUT2D eigenvalue weighted by molar-refractivity contribution is -0.148. The number of aryl methyl sites for hydroxylation is 1. The molecular formula is C17H27NO2. The fourth-order valence-corrected chi connectivity index (χ4v) is 2.09. The number of ether oxygens (including phenoxy) is 1. The van der Waals surface area contributed by atoms with Crippen molar-refractivity contribution in [2.75, 3.05) is 11.9 Å². The van der Waals surface area contributed by atoms with Crippen LogP contribution in [0.4, 0.5) is 5.69 Å². The molecule has 0 heterocycles. The Morgan fingerprint density at radius 1 is 1.35 bits per heavy atom. The van der Waals surface area contributed by atoms with Crippen LogP contribution in [0.5, 0.6) is 0 Å². The highest BCUT2D eigenvalue weighted by Gasteiger charge is 2.34. The molecule has 1 aromatic rings. The van der Waals surface area contributed by atoms with Crippen LogP contribution < -0.4 is 5.32 Å². The third-order valence-corrected chi connectivity index (χ3v) is 3.50. The summed E-state index contributed by atoms with van der Waals surface area (Å²) in [5, 5.41) is 3.39. The SMILES string of the molecule is CCOC(=O)C(C)(CCC(C)C)Nc1ccccc1C. The number of para-hydroxylation sites is 1. The van der Waals surface area contributed by atoms with E-state index in [0.717, 1.165) is 24.1 Å². The molecule has 3 nitrogen and oxygen atoms in total. The first-order valence-corrected chi connectivity index (χ1v) is 7.40. The Bertz CT molecular complexity index is 442. The summed E-state index contributed by atoms with van der Waals surface area (Å²) in [7, 11) is 0. The maximum absolute atomic E-state index is 12.3. The predicted molar refractivity (Wildman–Crippen MR) is 83.9 cm³/mol. The molecule has 0 fully saturated rings. The van der Waals surface area contributed by atoms with Gasteiger partial charge in [0.15, 0.2) is 0 Å². The zero-order valence-electron chi connectivity index (χ0n) is 13.3. The van der Waals surface area contributed by atoms with E-state index in [-0.39, 0.29) is 5.97 Å². The molecule has 1 unspecified atom stereocenters. The minimum atomic E-state index is -0.674. The summed E-state index contributed by atoms with van der Waals surface area (Å²) in [5.41, 5.74) is 1.45. The molecule has 3 heteroatoms. The van der Waals surface area contributed by atoms with Gasteiger partial charge in [0.2, 0.25) is 0 Å². The minimum absolute atomic E-state index is 0.177. The monoisotopic (exact) mass is 277 g/mol. The Morgan fingerprint density at radius 3 is 2.55 bits per heavy atom. The third-order valence-electron chi connectivity index (χ3n) is 3.50. The van der Waals surface area contributed by atoms with Crippen molar-refractivity contribution in [3.05, 3.63) is 29.8 Å². The summed E-state index contributed by atoms with van der Waals surface area (Å²) in [6.45, 7) is 10.6. The average molecular weight is 277 g/mol. The fraction of sp³-hybridized carbons (Fsp3) is 0.588. The molecule has 1 N–H and O–H groups in total. The van der Waals surface area contributed by atoms with Gasteiger partial charge in [0.05, 0.1) is 6.61 Å². The summed E-state index contributed by atoms with van der Waals surface area (Å²) >= 11 is 0. The van der Waals surface area contributed by atoms with E-state index >= 15 is 0 Å². The number of hydrogen-bond acceptors (Lipinski definition) is 3. The summed E-state index contributed by atoms with van der Waals surface area (Å²) < 4.78 is 5.25. The summed E-state index contributed by atoms with van der Waals surface area (Å²) in [5.74, 6) is 0.381. The number of carbonyl (C=O) groups is 1. The quantitative estimate of drug-likeness (QED) is 0.760. The standard InChI is InChI=1S/C17H27NO2/c1-6-20-16(19)17(5,12-11-13(2)3)18-15-10-8-7-9-14(15)4/h7-10,13,18H,6,11-12H2,1-5H3. The molecule has 0 saturated heterocycles. The second-order valence-corrected chi connectivity index (χ2v) is 5.93. The van der Waals surface area contributed by atoms with Gasteiger partial charge in [-0.3, -0.25) is 0 Å². The van der Waals surface area contributed by atoms with Gasteiger partial charge in [0, 0.05) is 5.69 Å². The smallest absolute Gasteiger partial charge is 0.331 e. The topological polar surface area (TPSA) is 38.3 Å². The molecule has 1 rings (SSSR count). The van der Waals surface area contributed by atoms with E-state index in [1.165, 1.54) is 0 Å². The van der Waals surface area contributed by atoms with Gasteiger partial charge in [-0.05, 0) is 51.2 Å². The van der Waals surface area contributed by atoms with E-state index in [2.05, 4.69) is 19.2 Å². The van der Waals surface area contributed by atoms with Crippen molar-refractivity contribution in [2.45, 2.75) is 53.0 Å². The van der Waals surface area contributed by atoms with Crippen LogP contribution in [0.1, 0.15) is 46.1 Å². The minimum Gasteiger partial charge on any atom is -0.464 e. The summed E-state index contributed by atoms with van der Waals surface area (Å²) in [6, 6.07) is 8.01. The molecule has 0 spiro atoms. The first-order chi connectivity index (χ1) is 9.39. The van der Waals surface area contributed by atoms with E-state index in [1.807, 2.05) is 45.0 Å². The van der Waals surface area contributed by atoms with Gasteiger partial charge < -0.3 is 10.1 Å². The number of hydrogen-bond donors (Lipinski definition) is 1. The molecule has 0 aromatic heterocycles. The molecule has 20 heavy (non-hydrogen) atoms. The van der Waals surface area contributed by atoms with Crippen molar-refractivity contribution in [1.29, 1.82) is 0 Å². The normalized spacial score (nSPS) is 13.9. The lowest BCUT2D eigenvalue weighted by Crippen LogP contribution is -2.45. The second kappa shape index (κ2) is 7.32. The Morgan fingerprint density at radius 2 is 2.00 bits per heavy atom. The highest BCUT2D eigenvalue weighted by atomic mass is 16.5. The Balaban J connectivity index is 2.92. The van der Waals surface area contributed by atoms with Crippen LogP contribution in [0.15, 0.2) is 24.3 Å². The Hall–Kier alpha value is -1.51. The van der Waals surface area contributed by atoms with Crippen LogP contribution >= 0.6 is 0 Å². The number of benzene rings is 1. The highest BCUT2D eigenvalue weighted by Crippen LogP contribution is 2.25. The van der Waals surface area contributed by atoms with Crippen LogP contribution in [0.25, 0.3) is 0 Å². The van der Waals surface area contributed by atoms with E-state index in [1.54, 1.807) is 0 Å². The van der Waals surface area contributed by atoms with Crippen molar-refractivity contribution >= 4 is 11.7 Å². The lowest BCUT2D eigenvalue weighted by atomic mass is 9.91. The molecule has 0 amide bonds. The van der Waals surface area contributed by atoms with Gasteiger partial charge in [-0.1, -0.05) is 32.0 Å². The molecule has 0 bridgehead atoms. The number of nitrogens with one attached hydrogen (secondary N) is 1. The van der Waals surface area contributed by atoms with Crippen molar-refractivity contribution < 1.29 is 9.53 Å². The molecule has 0 saturated carbocycles. The van der Waals surface area contributed by atoms with Gasteiger partial charge in [-0.15, -0.1) is 0 Å². The molecular weight excluding hydrogens is 250 g/mol. The number of esters is 1. The van der Waals surface area contributed by atoms with Gasteiger partial charge in [0.1, 0.15) is 5.54 Å². The first-order valence-electron chi connectivity index (χ1n) is 7.40. The van der Waals surface area contributed by atoms with Crippen LogP contribution in [0, 0.1) is 12.8 Å². The van der Waals surface area contributed by atoms with Crippen LogP contribution in [-0.4, -0.2) is 18.1 Å². The zero-order valence-corrected chi connectivity index (χ0v) is 13.3. The van der Waals surface area contributed by atoms with Crippen LogP contribution in [0.2, 0.25) is 0 Å². The molecule has 0 aliphatic heterocycles. The van der Waals surface area contributed by atoms with Crippen LogP contribution in [0.3, 0.4) is 0 Å². The molecule has 0 aliphatic carbocycles. The zero-order chi connectivity index (χ0) is 15.2. The molecule has 0 aliphatic rings. The lowest BCUT2D eigenvalue weighted by Gasteiger charge is -2.31. The van der Waals surface area contributed by atoms with E-state index in [4.69, 9.17) is 4.74 Å². The second-order valence-electron chi connectivity index (χ2n) is 5.93. The average Bonchev–Trinajstić information content (AvgIpc) is 2.39. The van der Waals surface area contributed by atoms with Crippen molar-refractivity contribution in [3.8, 4) is 0 Å². The van der Waals surface area contributed by atoms with Gasteiger partial charge >= 0.3 is 5.97 Å². The fourth-order valence-electron chi connectivity index (χ4n) is 2.09. The van der Waals surface area contributed by atoms with Crippen molar-refractivity contribution in [3.63, 3.8) is 0 Å². The molecule has 1 atom stereocenters. The van der Waals surface area contributed by atoms with Gasteiger partial charge in [-0.25, -0.2) is 4.79 Å². The Labute approximate surface area is 122 Å². The maximum atomic E-state index is 12.3. The van der Waals surface area contributed by atoms with Gasteiger partial charge in [0.25, 0.3) is 0 Å². The van der Waals surface area contributed by atoms with E-state index in [9.17, 15) is 4.79 Å². The van der Waals surface area contributed by atoms with E-state index in [0.29, 0.717) is 12.5 Å². The molecule has 1 aromatic carbocycles. The number of carbonyl (C=O) groups excluding carboxylic acids is 1. The molecule has 112 valence electrons. The maximum Gasteiger partial charge on any atom is 0.331 e.